The Hall–Kier alpha value is -1.37. The first-order valence-electron chi connectivity index (χ1n) is 10.0. The molecule has 0 atom stereocenters. The third-order valence-electron chi connectivity index (χ3n) is 0.767. The molecule has 0 saturated carbocycles. The van der Waals surface area contributed by atoms with Crippen molar-refractivity contribution in [2.75, 3.05) is 0 Å². The average molecular weight is 360 g/mol. The van der Waals surface area contributed by atoms with Crippen LogP contribution in [0.1, 0.15) is 96.9 Å². The summed E-state index contributed by atoms with van der Waals surface area (Å²) in [7, 11) is 0. The molecule has 0 amide bonds. The van der Waals surface area contributed by atoms with Crippen LogP contribution in [0.15, 0.2) is 55.7 Å². The average Bonchev–Trinajstić information content (AvgIpc) is 2.77. The van der Waals surface area contributed by atoms with Gasteiger partial charge in [0.25, 0.3) is 0 Å². The van der Waals surface area contributed by atoms with Gasteiger partial charge in [-0.05, 0) is 12.6 Å². The molecule has 0 radical (unpaired) electrons. The summed E-state index contributed by atoms with van der Waals surface area (Å²) in [5.41, 5.74) is 0. The highest BCUT2D eigenvalue weighted by Crippen LogP contribution is 1.87. The molecular weight excluding hydrogens is 302 g/mol. The zero-order chi connectivity index (χ0) is 23.1. The van der Waals surface area contributed by atoms with Crippen molar-refractivity contribution in [1.82, 2.24) is 0 Å². The highest BCUT2D eigenvalue weighted by molar-refractivity contribution is 5.24. The summed E-state index contributed by atoms with van der Waals surface area (Å²) in [5.74, 6) is 0.648. The van der Waals surface area contributed by atoms with E-state index in [0.29, 0.717) is 5.92 Å². The zero-order valence-electron chi connectivity index (χ0n) is 20.9. The smallest absolute Gasteiger partial charge is 0.0188 e. The maximum Gasteiger partial charge on any atom is 0.0188 e. The first-order valence-corrected chi connectivity index (χ1v) is 10.0. The van der Waals surface area contributed by atoms with Crippen molar-refractivity contribution in [2.24, 2.45) is 10.9 Å². The number of hydrogen-bond donors (Lipinski definition) is 0. The molecule has 1 nitrogen and oxygen atoms in total. The molecule has 0 aliphatic carbocycles. The fourth-order valence-electron chi connectivity index (χ4n) is 0. The minimum Gasteiger partial charge on any atom is -0.273 e. The summed E-state index contributed by atoms with van der Waals surface area (Å²) in [6.07, 6.45) is 6.58. The Morgan fingerprint density at radius 3 is 0.680 bits per heavy atom. The van der Waals surface area contributed by atoms with Gasteiger partial charge in [0.05, 0.1) is 0 Å². The lowest BCUT2D eigenvalue weighted by Crippen LogP contribution is -1.71. The summed E-state index contributed by atoms with van der Waals surface area (Å²) in [5, 5.41) is 0. The number of hydrogen-bond acceptors (Lipinski definition) is 1. The Bertz CT molecular complexity index is 120. The van der Waals surface area contributed by atoms with Gasteiger partial charge in [-0.25, -0.2) is 0 Å². The maximum atomic E-state index is 3.56. The minimum atomic E-state index is 0.648. The number of allylic oxidation sites excluding steroid dienone is 3. The summed E-state index contributed by atoms with van der Waals surface area (Å²) in [4.78, 5) is 3.25. The Kier molecular flexibility index (Phi) is 545. The van der Waals surface area contributed by atoms with Crippen LogP contribution in [-0.4, -0.2) is 6.72 Å². The lowest BCUT2D eigenvalue weighted by atomic mass is 10.2. The van der Waals surface area contributed by atoms with Crippen molar-refractivity contribution < 1.29 is 0 Å². The Balaban J connectivity index is -0.0000000171. The topological polar surface area (TPSA) is 12.4 Å². The molecule has 0 heterocycles. The first kappa shape index (κ1) is 56.5. The van der Waals surface area contributed by atoms with Crippen LogP contribution in [0.25, 0.3) is 0 Å². The molecule has 0 fully saturated rings. The van der Waals surface area contributed by atoms with E-state index in [9.17, 15) is 0 Å². The van der Waals surface area contributed by atoms with Crippen LogP contribution < -0.4 is 0 Å². The van der Waals surface area contributed by atoms with E-state index in [0.717, 1.165) is 0 Å². The van der Waals surface area contributed by atoms with Gasteiger partial charge in [-0.2, -0.15) is 0 Å². The van der Waals surface area contributed by atoms with E-state index in [1.807, 2.05) is 89.2 Å². The largest absolute Gasteiger partial charge is 0.273 e. The zero-order valence-corrected chi connectivity index (χ0v) is 20.9. The fraction of sp³-hybridized carbons (Fsp3) is 0.625. The van der Waals surface area contributed by atoms with Gasteiger partial charge in [-0.15, -0.1) is 6.58 Å². The second-order valence-electron chi connectivity index (χ2n) is 2.32. The Labute approximate surface area is 165 Å². The molecule has 0 aromatic rings. The second kappa shape index (κ2) is 241. The molecule has 0 aliphatic heterocycles. The normalized spacial score (nSPS) is 4.76. The van der Waals surface area contributed by atoms with Gasteiger partial charge in [-0.1, -0.05) is 135 Å². The quantitative estimate of drug-likeness (QED) is 0.270. The van der Waals surface area contributed by atoms with Crippen LogP contribution in [0.2, 0.25) is 0 Å². The van der Waals surface area contributed by atoms with Crippen LogP contribution in [-0.2, 0) is 0 Å². The van der Waals surface area contributed by atoms with Crippen molar-refractivity contribution >= 4 is 6.72 Å². The summed E-state index contributed by atoms with van der Waals surface area (Å²) < 4.78 is 0. The van der Waals surface area contributed by atoms with Gasteiger partial charge < -0.3 is 0 Å². The Morgan fingerprint density at radius 2 is 0.680 bits per heavy atom. The van der Waals surface area contributed by atoms with Crippen LogP contribution in [0.5, 0.6) is 0 Å². The molecule has 0 saturated heterocycles. The molecule has 1 heteroatoms. The molecule has 0 aliphatic rings. The highest BCUT2D eigenvalue weighted by atomic mass is 14.6. The number of rotatable bonds is 3. The van der Waals surface area contributed by atoms with E-state index < -0.39 is 0 Å². The van der Waals surface area contributed by atoms with E-state index in [2.05, 4.69) is 51.9 Å². The summed E-state index contributed by atoms with van der Waals surface area (Å²) >= 11 is 0. The molecular formula is C24H57N. The Morgan fingerprint density at radius 1 is 0.560 bits per heavy atom. The predicted octanol–water partition coefficient (Wildman–Crippen LogP) is 10.2. The maximum absolute atomic E-state index is 3.56. The van der Waals surface area contributed by atoms with E-state index in [-0.39, 0.29) is 0 Å². The summed E-state index contributed by atoms with van der Waals surface area (Å²) in [6.45, 7) is 44.9. The van der Waals surface area contributed by atoms with Crippen LogP contribution in [0.3, 0.4) is 0 Å². The monoisotopic (exact) mass is 359 g/mol. The van der Waals surface area contributed by atoms with Gasteiger partial charge >= 0.3 is 0 Å². The minimum absolute atomic E-state index is 0.648. The van der Waals surface area contributed by atoms with Crippen molar-refractivity contribution in [3.8, 4) is 0 Å². The SMILES string of the molecule is C=CC(C)C.C=CC=C.C=CN=C.CC.CC.CC.CC.CC.CC. The van der Waals surface area contributed by atoms with Gasteiger partial charge in [0.15, 0.2) is 0 Å². The van der Waals surface area contributed by atoms with Gasteiger partial charge in [0.1, 0.15) is 0 Å². The third-order valence-corrected chi connectivity index (χ3v) is 0.767. The molecule has 0 N–H and O–H groups in total. The van der Waals surface area contributed by atoms with Crippen LogP contribution in [0.4, 0.5) is 0 Å². The highest BCUT2D eigenvalue weighted by Gasteiger charge is 1.73. The van der Waals surface area contributed by atoms with E-state index in [1.54, 1.807) is 12.2 Å². The van der Waals surface area contributed by atoms with Gasteiger partial charge in [-0.3, -0.25) is 4.99 Å². The molecule has 0 unspecified atom stereocenters. The lowest BCUT2D eigenvalue weighted by Gasteiger charge is -1.84. The first-order chi connectivity index (χ1) is 12.1. The second-order valence-corrected chi connectivity index (χ2v) is 2.32. The lowest BCUT2D eigenvalue weighted by molar-refractivity contribution is 0.835. The fourth-order valence-corrected chi connectivity index (χ4v) is 0. The number of nitrogens with zero attached hydrogens (tertiary/aromatic N) is 1. The molecule has 0 aromatic heterocycles. The molecule has 0 spiro atoms. The van der Waals surface area contributed by atoms with Crippen molar-refractivity contribution in [3.05, 3.63) is 50.7 Å². The van der Waals surface area contributed by atoms with Crippen molar-refractivity contribution in [1.29, 1.82) is 0 Å². The molecule has 158 valence electrons. The molecule has 0 bridgehead atoms. The standard InChI is InChI=1S/C5H10.C4H6.C3H5N.6C2H6/c1-4-5(2)3;2*1-3-4-2;6*1-2/h4-5H,1H2,2-3H3;3-4H,1-2H2;3H,1-2H2;6*1-2H3. The van der Waals surface area contributed by atoms with E-state index in [1.165, 1.54) is 6.20 Å². The van der Waals surface area contributed by atoms with Gasteiger partial charge in [0, 0.05) is 6.20 Å². The number of aliphatic imine (C=N–C) groups is 1. The van der Waals surface area contributed by atoms with E-state index in [4.69, 9.17) is 0 Å². The van der Waals surface area contributed by atoms with Crippen molar-refractivity contribution in [3.63, 3.8) is 0 Å². The molecule has 25 heavy (non-hydrogen) atoms. The molecule has 0 aromatic carbocycles. The van der Waals surface area contributed by atoms with Gasteiger partial charge in [0.2, 0.25) is 0 Å². The van der Waals surface area contributed by atoms with E-state index >= 15 is 0 Å². The summed E-state index contributed by atoms with van der Waals surface area (Å²) in [6, 6.07) is 0. The third kappa shape index (κ3) is 1390. The molecule has 0 rings (SSSR count). The van der Waals surface area contributed by atoms with Crippen LogP contribution in [0, 0.1) is 5.92 Å². The van der Waals surface area contributed by atoms with Crippen molar-refractivity contribution in [2.45, 2.75) is 96.9 Å². The van der Waals surface area contributed by atoms with Crippen LogP contribution >= 0.6 is 0 Å². The predicted molar refractivity (Wildman–Crippen MR) is 133 cm³/mol.